The molecule has 0 amide bonds. The molecular formula is C13H19Cl2NOS. The van der Waals surface area contributed by atoms with Gasteiger partial charge < -0.3 is 5.32 Å². The molecule has 0 bridgehead atoms. The Labute approximate surface area is 122 Å². The summed E-state index contributed by atoms with van der Waals surface area (Å²) in [5, 5.41) is 4.61. The second-order valence-corrected chi connectivity index (χ2v) is 6.90. The fourth-order valence-electron chi connectivity index (χ4n) is 1.73. The molecular weight excluding hydrogens is 289 g/mol. The number of benzene rings is 1. The molecule has 18 heavy (non-hydrogen) atoms. The highest BCUT2D eigenvalue weighted by atomic mass is 35.5. The summed E-state index contributed by atoms with van der Waals surface area (Å²) in [5.74, 6) is 0.724. The predicted octanol–water partition coefficient (Wildman–Crippen LogP) is 3.80. The summed E-state index contributed by atoms with van der Waals surface area (Å²) in [6.45, 7) is 4.18. The molecule has 0 radical (unpaired) electrons. The number of hydrogen-bond donors (Lipinski definition) is 1. The Kier molecular flexibility index (Phi) is 6.64. The topological polar surface area (TPSA) is 29.1 Å². The van der Waals surface area contributed by atoms with Crippen molar-refractivity contribution >= 4 is 34.0 Å². The fraction of sp³-hybridized carbons (Fsp3) is 0.538. The average molecular weight is 308 g/mol. The third kappa shape index (κ3) is 5.27. The molecule has 1 rings (SSSR count). The second-order valence-electron chi connectivity index (χ2n) is 4.53. The molecule has 3 unspecified atom stereocenters. The number of halogens is 2. The summed E-state index contributed by atoms with van der Waals surface area (Å²) in [4.78, 5) is 0. The highest BCUT2D eigenvalue weighted by Gasteiger charge is 2.11. The molecule has 102 valence electrons. The van der Waals surface area contributed by atoms with E-state index in [1.54, 1.807) is 6.26 Å². The van der Waals surface area contributed by atoms with Crippen molar-refractivity contribution in [1.82, 2.24) is 5.32 Å². The van der Waals surface area contributed by atoms with Crippen LogP contribution in [-0.2, 0) is 10.8 Å². The first-order valence-electron chi connectivity index (χ1n) is 5.91. The molecule has 2 nitrogen and oxygen atoms in total. The normalized spacial score (nSPS) is 16.3. The molecule has 1 aromatic rings. The lowest BCUT2D eigenvalue weighted by Gasteiger charge is -2.20. The van der Waals surface area contributed by atoms with E-state index in [1.165, 1.54) is 0 Å². The maximum atomic E-state index is 11.0. The van der Waals surface area contributed by atoms with Crippen molar-refractivity contribution in [3.8, 4) is 0 Å². The average Bonchev–Trinajstić information content (AvgIpc) is 2.30. The summed E-state index contributed by atoms with van der Waals surface area (Å²) in [7, 11) is -0.731. The van der Waals surface area contributed by atoms with Gasteiger partial charge in [-0.25, -0.2) is 0 Å². The van der Waals surface area contributed by atoms with Gasteiger partial charge in [0.2, 0.25) is 0 Å². The minimum absolute atomic E-state index is 0.194. The quantitative estimate of drug-likeness (QED) is 0.866. The zero-order valence-electron chi connectivity index (χ0n) is 10.9. The first-order valence-corrected chi connectivity index (χ1v) is 8.39. The lowest BCUT2D eigenvalue weighted by atomic mass is 10.1. The van der Waals surface area contributed by atoms with Gasteiger partial charge in [0.25, 0.3) is 0 Å². The van der Waals surface area contributed by atoms with Crippen LogP contribution in [0.3, 0.4) is 0 Å². The van der Waals surface area contributed by atoms with Gasteiger partial charge in [-0.3, -0.25) is 4.21 Å². The van der Waals surface area contributed by atoms with Gasteiger partial charge >= 0.3 is 0 Å². The Bertz CT molecular complexity index is 425. The van der Waals surface area contributed by atoms with Gasteiger partial charge in [-0.2, -0.15) is 0 Å². The fourth-order valence-corrected chi connectivity index (χ4v) is 2.72. The molecule has 3 atom stereocenters. The van der Waals surface area contributed by atoms with Gasteiger partial charge in [-0.15, -0.1) is 0 Å². The summed E-state index contributed by atoms with van der Waals surface area (Å²) in [6, 6.07) is 6.17. The van der Waals surface area contributed by atoms with Crippen molar-refractivity contribution in [2.24, 2.45) is 0 Å². The van der Waals surface area contributed by atoms with Gasteiger partial charge in [-0.05, 0) is 38.0 Å². The lowest BCUT2D eigenvalue weighted by Crippen LogP contribution is -2.30. The predicted molar refractivity (Wildman–Crippen MR) is 81.0 cm³/mol. The highest BCUT2D eigenvalue weighted by molar-refractivity contribution is 7.84. The smallest absolute Gasteiger partial charge is 0.0595 e. The molecule has 0 spiro atoms. The van der Waals surface area contributed by atoms with Crippen LogP contribution >= 0.6 is 23.2 Å². The van der Waals surface area contributed by atoms with E-state index in [2.05, 4.69) is 19.2 Å². The monoisotopic (exact) mass is 307 g/mol. The van der Waals surface area contributed by atoms with E-state index in [0.29, 0.717) is 16.1 Å². The third-order valence-electron chi connectivity index (χ3n) is 2.82. The summed E-state index contributed by atoms with van der Waals surface area (Å²) in [5.41, 5.74) is 1.11. The Hall–Kier alpha value is -0.0900. The molecule has 1 aromatic carbocycles. The molecule has 1 N–H and O–H groups in total. The van der Waals surface area contributed by atoms with Crippen LogP contribution in [0.1, 0.15) is 31.9 Å². The number of hydrogen-bond acceptors (Lipinski definition) is 2. The molecule has 0 heterocycles. The van der Waals surface area contributed by atoms with Crippen molar-refractivity contribution in [3.05, 3.63) is 33.8 Å². The van der Waals surface area contributed by atoms with E-state index in [0.717, 1.165) is 17.7 Å². The molecule has 0 saturated carbocycles. The summed E-state index contributed by atoms with van der Waals surface area (Å²) in [6.07, 6.45) is 2.63. The van der Waals surface area contributed by atoms with E-state index in [4.69, 9.17) is 23.2 Å². The first-order chi connectivity index (χ1) is 8.40. The van der Waals surface area contributed by atoms with Crippen LogP contribution in [0.5, 0.6) is 0 Å². The van der Waals surface area contributed by atoms with Crippen LogP contribution in [0, 0.1) is 0 Å². The van der Waals surface area contributed by atoms with E-state index in [9.17, 15) is 4.21 Å². The van der Waals surface area contributed by atoms with Gasteiger partial charge in [-0.1, -0.05) is 29.3 Å². The Morgan fingerprint density at radius 2 is 1.94 bits per heavy atom. The maximum Gasteiger partial charge on any atom is 0.0595 e. The largest absolute Gasteiger partial charge is 0.308 e. The third-order valence-corrected chi connectivity index (χ3v) is 4.37. The Morgan fingerprint density at radius 3 is 2.50 bits per heavy atom. The molecule has 0 aliphatic heterocycles. The molecule has 0 aliphatic carbocycles. The van der Waals surface area contributed by atoms with Crippen molar-refractivity contribution in [1.29, 1.82) is 0 Å². The molecule has 0 aromatic heterocycles. The van der Waals surface area contributed by atoms with Crippen LogP contribution in [0.2, 0.25) is 10.0 Å². The van der Waals surface area contributed by atoms with Crippen LogP contribution in [-0.4, -0.2) is 22.3 Å². The van der Waals surface area contributed by atoms with E-state index in [-0.39, 0.29) is 6.04 Å². The highest BCUT2D eigenvalue weighted by Crippen LogP contribution is 2.25. The van der Waals surface area contributed by atoms with Gasteiger partial charge in [0.15, 0.2) is 0 Å². The Balaban J connectivity index is 2.56. The number of nitrogens with one attached hydrogen (secondary N) is 1. The van der Waals surface area contributed by atoms with Crippen LogP contribution in [0.15, 0.2) is 18.2 Å². The van der Waals surface area contributed by atoms with E-state index < -0.39 is 10.8 Å². The minimum atomic E-state index is -0.731. The maximum absolute atomic E-state index is 11.0. The van der Waals surface area contributed by atoms with Gasteiger partial charge in [0.05, 0.1) is 10.0 Å². The van der Waals surface area contributed by atoms with E-state index >= 15 is 0 Å². The lowest BCUT2D eigenvalue weighted by molar-refractivity contribution is 0.470. The first kappa shape index (κ1) is 16.0. The zero-order chi connectivity index (χ0) is 13.7. The molecule has 0 aliphatic rings. The van der Waals surface area contributed by atoms with Gasteiger partial charge in [0.1, 0.15) is 0 Å². The second kappa shape index (κ2) is 7.49. The summed E-state index contributed by atoms with van der Waals surface area (Å²) < 4.78 is 11.0. The van der Waals surface area contributed by atoms with Crippen LogP contribution < -0.4 is 5.32 Å². The molecule has 0 saturated heterocycles. The SMILES string of the molecule is CC(CCS(C)=O)NC(C)c1ccc(Cl)c(Cl)c1. The van der Waals surface area contributed by atoms with Gasteiger partial charge in [0, 0.05) is 34.9 Å². The molecule has 0 fully saturated rings. The van der Waals surface area contributed by atoms with Crippen LogP contribution in [0.4, 0.5) is 0 Å². The molecule has 5 heteroatoms. The van der Waals surface area contributed by atoms with E-state index in [1.807, 2.05) is 18.2 Å². The van der Waals surface area contributed by atoms with Crippen molar-refractivity contribution in [2.75, 3.05) is 12.0 Å². The number of rotatable bonds is 6. The van der Waals surface area contributed by atoms with Crippen molar-refractivity contribution < 1.29 is 4.21 Å². The van der Waals surface area contributed by atoms with Crippen molar-refractivity contribution in [2.45, 2.75) is 32.4 Å². The van der Waals surface area contributed by atoms with Crippen LogP contribution in [0.25, 0.3) is 0 Å². The minimum Gasteiger partial charge on any atom is -0.308 e. The standard InChI is InChI=1S/C13H19Cl2NOS/c1-9(6-7-18(3)17)16-10(2)11-4-5-12(14)13(15)8-11/h4-5,8-10,16H,6-7H2,1-3H3. The Morgan fingerprint density at radius 1 is 1.28 bits per heavy atom. The van der Waals surface area contributed by atoms with Crippen molar-refractivity contribution in [3.63, 3.8) is 0 Å². The zero-order valence-corrected chi connectivity index (χ0v) is 13.2. The summed E-state index contributed by atoms with van der Waals surface area (Å²) >= 11 is 11.9.